The van der Waals surface area contributed by atoms with Crippen molar-refractivity contribution < 1.29 is 22.7 Å². The number of rotatable bonds is 7. The van der Waals surface area contributed by atoms with E-state index in [1.165, 1.54) is 56.7 Å². The van der Waals surface area contributed by atoms with E-state index in [0.29, 0.717) is 5.92 Å². The number of benzene rings is 2. The van der Waals surface area contributed by atoms with Gasteiger partial charge < -0.3 is 4.74 Å². The lowest BCUT2D eigenvalue weighted by atomic mass is 9.78. The SMILES string of the molecule is CCCC1CCC(CCc2ccc(C(=O)Oc3cc(F)c(C#N)c(F)c3)c(F)c2)CC1. The summed E-state index contributed by atoms with van der Waals surface area (Å²) in [7, 11) is 0. The highest BCUT2D eigenvalue weighted by molar-refractivity contribution is 5.91. The lowest BCUT2D eigenvalue weighted by molar-refractivity contribution is 0.0729. The third-order valence-corrected chi connectivity index (χ3v) is 6.10. The molecule has 3 rings (SSSR count). The van der Waals surface area contributed by atoms with Crippen molar-refractivity contribution in [2.45, 2.75) is 58.3 Å². The van der Waals surface area contributed by atoms with Crippen LogP contribution >= 0.6 is 0 Å². The van der Waals surface area contributed by atoms with Gasteiger partial charge in [0, 0.05) is 12.1 Å². The Bertz CT molecular complexity index is 952. The number of hydrogen-bond donors (Lipinski definition) is 0. The highest BCUT2D eigenvalue weighted by Gasteiger charge is 2.21. The fourth-order valence-electron chi connectivity index (χ4n) is 4.35. The van der Waals surface area contributed by atoms with Crippen LogP contribution in [0.4, 0.5) is 13.2 Å². The fraction of sp³-hybridized carbons (Fsp3) is 0.440. The topological polar surface area (TPSA) is 50.1 Å². The van der Waals surface area contributed by atoms with Crippen molar-refractivity contribution in [2.75, 3.05) is 0 Å². The van der Waals surface area contributed by atoms with Crippen LogP contribution in [0.5, 0.6) is 5.75 Å². The minimum atomic E-state index is -1.15. The van der Waals surface area contributed by atoms with Crippen molar-refractivity contribution in [3.63, 3.8) is 0 Å². The predicted octanol–water partition coefficient (Wildman–Crippen LogP) is 6.73. The molecule has 0 bridgehead atoms. The molecule has 1 fully saturated rings. The minimum Gasteiger partial charge on any atom is -0.423 e. The number of ether oxygens (including phenoxy) is 1. The number of carbonyl (C=O) groups excluding carboxylic acids is 1. The number of carbonyl (C=O) groups is 1. The lowest BCUT2D eigenvalue weighted by Crippen LogP contribution is -2.15. The van der Waals surface area contributed by atoms with Gasteiger partial charge in [0.05, 0.1) is 5.56 Å². The van der Waals surface area contributed by atoms with E-state index in [-0.39, 0.29) is 5.56 Å². The predicted molar refractivity (Wildman–Crippen MR) is 111 cm³/mol. The highest BCUT2D eigenvalue weighted by Crippen LogP contribution is 2.34. The van der Waals surface area contributed by atoms with Crippen molar-refractivity contribution >= 4 is 5.97 Å². The average Bonchev–Trinajstić information content (AvgIpc) is 2.73. The smallest absolute Gasteiger partial charge is 0.346 e. The van der Waals surface area contributed by atoms with Gasteiger partial charge in [-0.3, -0.25) is 0 Å². The molecule has 0 spiro atoms. The molecule has 1 aliphatic carbocycles. The summed E-state index contributed by atoms with van der Waals surface area (Å²) >= 11 is 0. The van der Waals surface area contributed by atoms with Crippen molar-refractivity contribution in [3.8, 4) is 11.8 Å². The molecule has 0 aromatic heterocycles. The summed E-state index contributed by atoms with van der Waals surface area (Å²) in [6.07, 6.45) is 9.25. The molecule has 0 unspecified atom stereocenters. The third kappa shape index (κ3) is 5.88. The molecule has 1 saturated carbocycles. The second-order valence-electron chi connectivity index (χ2n) is 8.29. The Kier molecular flexibility index (Phi) is 7.73. The first kappa shape index (κ1) is 22.9. The summed E-state index contributed by atoms with van der Waals surface area (Å²) < 4.78 is 46.7. The molecule has 0 radical (unpaired) electrons. The summed E-state index contributed by atoms with van der Waals surface area (Å²) in [4.78, 5) is 12.2. The van der Waals surface area contributed by atoms with Gasteiger partial charge in [0.15, 0.2) is 0 Å². The van der Waals surface area contributed by atoms with E-state index in [1.54, 1.807) is 6.07 Å². The van der Waals surface area contributed by atoms with Gasteiger partial charge in [0.2, 0.25) is 0 Å². The molecule has 3 nitrogen and oxygen atoms in total. The van der Waals surface area contributed by atoms with Crippen molar-refractivity contribution in [3.05, 3.63) is 64.5 Å². The fourth-order valence-corrected chi connectivity index (χ4v) is 4.35. The van der Waals surface area contributed by atoms with E-state index >= 15 is 0 Å². The van der Waals surface area contributed by atoms with Crippen LogP contribution in [-0.4, -0.2) is 5.97 Å². The monoisotopic (exact) mass is 429 g/mol. The molecular weight excluding hydrogens is 403 g/mol. The van der Waals surface area contributed by atoms with E-state index in [9.17, 15) is 18.0 Å². The first-order valence-corrected chi connectivity index (χ1v) is 10.8. The van der Waals surface area contributed by atoms with Crippen LogP contribution in [0.1, 0.15) is 73.4 Å². The van der Waals surface area contributed by atoms with Gasteiger partial charge in [-0.1, -0.05) is 51.5 Å². The normalized spacial score (nSPS) is 18.4. The Morgan fingerprint density at radius 2 is 1.61 bits per heavy atom. The molecular formula is C25H26F3NO2. The van der Waals surface area contributed by atoms with E-state index in [4.69, 9.17) is 10.00 Å². The molecule has 6 heteroatoms. The zero-order valence-electron chi connectivity index (χ0n) is 17.6. The third-order valence-electron chi connectivity index (χ3n) is 6.10. The van der Waals surface area contributed by atoms with Crippen LogP contribution in [0.25, 0.3) is 0 Å². The Morgan fingerprint density at radius 1 is 1.00 bits per heavy atom. The lowest BCUT2D eigenvalue weighted by Gasteiger charge is -2.28. The number of hydrogen-bond acceptors (Lipinski definition) is 3. The van der Waals surface area contributed by atoms with Gasteiger partial charge in [0.25, 0.3) is 0 Å². The molecule has 0 heterocycles. The Morgan fingerprint density at radius 3 is 2.16 bits per heavy atom. The molecule has 2 aromatic carbocycles. The van der Waals surface area contributed by atoms with Crippen LogP contribution < -0.4 is 4.74 Å². The van der Waals surface area contributed by atoms with E-state index in [1.807, 2.05) is 0 Å². The van der Waals surface area contributed by atoms with Crippen LogP contribution in [0.15, 0.2) is 30.3 Å². The average molecular weight is 429 g/mol. The number of nitriles is 1. The van der Waals surface area contributed by atoms with E-state index in [2.05, 4.69) is 6.92 Å². The highest BCUT2D eigenvalue weighted by atomic mass is 19.1. The Balaban J connectivity index is 1.58. The molecule has 0 saturated heterocycles. The molecule has 0 N–H and O–H groups in total. The maximum Gasteiger partial charge on any atom is 0.346 e. The number of nitrogens with zero attached hydrogens (tertiary/aromatic N) is 1. The molecule has 0 amide bonds. The quantitative estimate of drug-likeness (QED) is 0.362. The van der Waals surface area contributed by atoms with Gasteiger partial charge in [-0.2, -0.15) is 5.26 Å². The molecule has 1 aliphatic rings. The number of halogens is 3. The van der Waals surface area contributed by atoms with Crippen molar-refractivity contribution in [2.24, 2.45) is 11.8 Å². The second-order valence-corrected chi connectivity index (χ2v) is 8.29. The Hall–Kier alpha value is -2.81. The molecule has 2 aromatic rings. The molecule has 164 valence electrons. The maximum atomic E-state index is 14.5. The van der Waals surface area contributed by atoms with E-state index in [0.717, 1.165) is 36.5 Å². The zero-order chi connectivity index (χ0) is 22.4. The second kappa shape index (κ2) is 10.5. The van der Waals surface area contributed by atoms with Crippen molar-refractivity contribution in [1.29, 1.82) is 5.26 Å². The zero-order valence-corrected chi connectivity index (χ0v) is 17.6. The minimum absolute atomic E-state index is 0.311. The van der Waals surface area contributed by atoms with Gasteiger partial charge in [0.1, 0.15) is 34.8 Å². The molecule has 31 heavy (non-hydrogen) atoms. The van der Waals surface area contributed by atoms with Crippen molar-refractivity contribution in [1.82, 2.24) is 0 Å². The summed E-state index contributed by atoms with van der Waals surface area (Å²) in [6, 6.07) is 7.17. The van der Waals surface area contributed by atoms with Gasteiger partial charge in [-0.05, 0) is 42.4 Å². The largest absolute Gasteiger partial charge is 0.423 e. The Labute approximate surface area is 180 Å². The van der Waals surface area contributed by atoms with Crippen LogP contribution in [-0.2, 0) is 6.42 Å². The van der Waals surface area contributed by atoms with Crippen LogP contribution in [0.3, 0.4) is 0 Å². The summed E-state index contributed by atoms with van der Waals surface area (Å²) in [5.74, 6) is -3.01. The van der Waals surface area contributed by atoms with Gasteiger partial charge in [-0.15, -0.1) is 0 Å². The first-order valence-electron chi connectivity index (χ1n) is 10.8. The molecule has 0 atom stereocenters. The molecule has 0 aliphatic heterocycles. The van der Waals surface area contributed by atoms with Crippen LogP contribution in [0.2, 0.25) is 0 Å². The van der Waals surface area contributed by atoms with Gasteiger partial charge in [-0.25, -0.2) is 18.0 Å². The van der Waals surface area contributed by atoms with E-state index < -0.39 is 34.7 Å². The van der Waals surface area contributed by atoms with Crippen LogP contribution in [0, 0.1) is 40.6 Å². The summed E-state index contributed by atoms with van der Waals surface area (Å²) in [6.45, 7) is 2.22. The summed E-state index contributed by atoms with van der Waals surface area (Å²) in [5, 5.41) is 8.69. The van der Waals surface area contributed by atoms with Gasteiger partial charge >= 0.3 is 5.97 Å². The first-order chi connectivity index (χ1) is 14.9. The number of aryl methyl sites for hydroxylation is 1. The standard InChI is InChI=1S/C25H26F3NO2/c1-2-3-16-4-6-17(7-5-16)8-9-18-10-11-20(22(26)12-18)25(30)31-19-13-23(27)21(15-29)24(28)14-19/h10-14,16-17H,2-9H2,1H3. The maximum absolute atomic E-state index is 14.5. The number of esters is 1. The summed E-state index contributed by atoms with van der Waals surface area (Å²) in [5.41, 5.74) is -0.275.